The summed E-state index contributed by atoms with van der Waals surface area (Å²) in [6.07, 6.45) is 0.122. The quantitative estimate of drug-likeness (QED) is 0.860. The van der Waals surface area contributed by atoms with Gasteiger partial charge in [-0.2, -0.15) is 0 Å². The lowest BCUT2D eigenvalue weighted by molar-refractivity contribution is 0.178. The number of benzene rings is 1. The molecule has 0 aliphatic rings. The van der Waals surface area contributed by atoms with E-state index in [1.165, 1.54) is 0 Å². The summed E-state index contributed by atoms with van der Waals surface area (Å²) in [7, 11) is 0. The highest BCUT2D eigenvalue weighted by Crippen LogP contribution is 2.29. The first kappa shape index (κ1) is 13.1. The summed E-state index contributed by atoms with van der Waals surface area (Å²) < 4.78 is 1.06. The zero-order valence-corrected chi connectivity index (χ0v) is 12.4. The summed E-state index contributed by atoms with van der Waals surface area (Å²) in [4.78, 5) is 1.16. The Labute approximate surface area is 118 Å². The molecule has 0 saturated carbocycles. The van der Waals surface area contributed by atoms with Gasteiger partial charge in [0.05, 0.1) is 6.10 Å². The first-order chi connectivity index (χ1) is 8.08. The molecule has 0 aliphatic carbocycles. The fourth-order valence-electron chi connectivity index (χ4n) is 1.75. The molecule has 0 bridgehead atoms. The molecule has 0 fully saturated rings. The molecular weight excluding hydrogens is 320 g/mol. The predicted octanol–water partition coefficient (Wildman–Crippen LogP) is 4.75. The minimum Gasteiger partial charge on any atom is -0.388 e. The van der Waals surface area contributed by atoms with Crippen LogP contribution in [0.15, 0.2) is 34.1 Å². The summed E-state index contributed by atoms with van der Waals surface area (Å²) in [5.74, 6) is 0. The smallest absolute Gasteiger partial charge is 0.0841 e. The molecule has 90 valence electrons. The summed E-state index contributed by atoms with van der Waals surface area (Å²) in [6, 6.07) is 7.68. The SMILES string of the molecule is Cc1c(Cl)cccc1C(O)Cc1cc(Br)cs1. The van der Waals surface area contributed by atoms with E-state index in [4.69, 9.17) is 11.6 Å². The molecule has 0 spiro atoms. The van der Waals surface area contributed by atoms with E-state index in [0.717, 1.165) is 20.5 Å². The molecule has 2 aromatic rings. The van der Waals surface area contributed by atoms with Crippen molar-refractivity contribution in [2.24, 2.45) is 0 Å². The van der Waals surface area contributed by atoms with Gasteiger partial charge in [-0.05, 0) is 46.1 Å². The monoisotopic (exact) mass is 330 g/mol. The third-order valence-electron chi connectivity index (χ3n) is 2.68. The largest absolute Gasteiger partial charge is 0.388 e. The van der Waals surface area contributed by atoms with Crippen molar-refractivity contribution in [3.63, 3.8) is 0 Å². The molecule has 0 radical (unpaired) electrons. The van der Waals surface area contributed by atoms with Gasteiger partial charge >= 0.3 is 0 Å². The molecule has 2 rings (SSSR count). The highest BCUT2D eigenvalue weighted by atomic mass is 79.9. The minimum atomic E-state index is -0.501. The van der Waals surface area contributed by atoms with Gasteiger partial charge in [-0.3, -0.25) is 0 Å². The first-order valence-electron chi connectivity index (χ1n) is 5.24. The second kappa shape index (κ2) is 5.53. The van der Waals surface area contributed by atoms with Gasteiger partial charge in [0.25, 0.3) is 0 Å². The molecule has 1 N–H and O–H groups in total. The van der Waals surface area contributed by atoms with Gasteiger partial charge in [-0.25, -0.2) is 0 Å². The Morgan fingerprint density at radius 3 is 2.88 bits per heavy atom. The molecule has 0 aliphatic heterocycles. The fourth-order valence-corrected chi connectivity index (χ4v) is 3.42. The maximum Gasteiger partial charge on any atom is 0.0841 e. The Balaban J connectivity index is 2.20. The van der Waals surface area contributed by atoms with E-state index >= 15 is 0 Å². The van der Waals surface area contributed by atoms with E-state index in [0.29, 0.717) is 11.4 Å². The predicted molar refractivity (Wildman–Crippen MR) is 76.9 cm³/mol. The Morgan fingerprint density at radius 2 is 2.24 bits per heavy atom. The summed E-state index contributed by atoms with van der Waals surface area (Å²) >= 11 is 11.1. The Morgan fingerprint density at radius 1 is 1.47 bits per heavy atom. The zero-order valence-electron chi connectivity index (χ0n) is 9.28. The molecule has 0 saturated heterocycles. The van der Waals surface area contributed by atoms with E-state index in [9.17, 15) is 5.11 Å². The van der Waals surface area contributed by atoms with Crippen molar-refractivity contribution in [1.82, 2.24) is 0 Å². The van der Waals surface area contributed by atoms with Crippen LogP contribution in [0.25, 0.3) is 0 Å². The maximum absolute atomic E-state index is 10.2. The molecule has 17 heavy (non-hydrogen) atoms. The molecule has 1 unspecified atom stereocenters. The molecular formula is C13H12BrClOS. The number of aliphatic hydroxyl groups is 1. The highest BCUT2D eigenvalue weighted by molar-refractivity contribution is 9.10. The van der Waals surface area contributed by atoms with Crippen molar-refractivity contribution in [3.8, 4) is 0 Å². The molecule has 1 aromatic carbocycles. The number of thiophene rings is 1. The van der Waals surface area contributed by atoms with Crippen LogP contribution in [0.4, 0.5) is 0 Å². The van der Waals surface area contributed by atoms with Gasteiger partial charge in [-0.1, -0.05) is 23.7 Å². The van der Waals surface area contributed by atoms with E-state index in [1.54, 1.807) is 11.3 Å². The van der Waals surface area contributed by atoms with E-state index in [1.807, 2.05) is 36.6 Å². The normalized spacial score (nSPS) is 12.7. The van der Waals surface area contributed by atoms with E-state index in [-0.39, 0.29) is 0 Å². The molecule has 0 amide bonds. The second-order valence-corrected chi connectivity index (χ2v) is 6.22. The standard InChI is InChI=1S/C13H12BrClOS/c1-8-11(3-2-4-12(8)15)13(16)6-10-5-9(14)7-17-10/h2-5,7,13,16H,6H2,1H3. The number of halogens is 2. The molecule has 1 heterocycles. The molecule has 1 nitrogen and oxygen atoms in total. The number of hydrogen-bond acceptors (Lipinski definition) is 2. The van der Waals surface area contributed by atoms with Crippen LogP contribution in [-0.2, 0) is 6.42 Å². The van der Waals surface area contributed by atoms with Crippen molar-refractivity contribution in [2.75, 3.05) is 0 Å². The average Bonchev–Trinajstić information content (AvgIpc) is 2.68. The Hall–Kier alpha value is -0.350. The lowest BCUT2D eigenvalue weighted by atomic mass is 10.0. The maximum atomic E-state index is 10.2. The average molecular weight is 332 g/mol. The summed E-state index contributed by atoms with van der Waals surface area (Å²) in [6.45, 7) is 1.94. The van der Waals surface area contributed by atoms with Crippen LogP contribution in [0.1, 0.15) is 22.1 Å². The number of rotatable bonds is 3. The van der Waals surface area contributed by atoms with Gasteiger partial charge in [0, 0.05) is 26.2 Å². The fraction of sp³-hybridized carbons (Fsp3) is 0.231. The van der Waals surface area contributed by atoms with Crippen molar-refractivity contribution in [1.29, 1.82) is 0 Å². The minimum absolute atomic E-state index is 0.501. The van der Waals surface area contributed by atoms with Crippen molar-refractivity contribution < 1.29 is 5.11 Å². The zero-order chi connectivity index (χ0) is 12.4. The van der Waals surface area contributed by atoms with Gasteiger partial charge in [-0.15, -0.1) is 11.3 Å². The Bertz CT molecular complexity index is 524. The first-order valence-corrected chi connectivity index (χ1v) is 7.29. The van der Waals surface area contributed by atoms with Gasteiger partial charge in [0.2, 0.25) is 0 Å². The van der Waals surface area contributed by atoms with Crippen LogP contribution >= 0.6 is 38.9 Å². The van der Waals surface area contributed by atoms with Gasteiger partial charge < -0.3 is 5.11 Å². The van der Waals surface area contributed by atoms with Crippen LogP contribution in [0.5, 0.6) is 0 Å². The van der Waals surface area contributed by atoms with E-state index < -0.39 is 6.10 Å². The van der Waals surface area contributed by atoms with Crippen LogP contribution < -0.4 is 0 Å². The summed E-state index contributed by atoms with van der Waals surface area (Å²) in [5, 5.41) is 12.9. The van der Waals surface area contributed by atoms with Crippen molar-refractivity contribution in [3.05, 3.63) is 55.1 Å². The van der Waals surface area contributed by atoms with Crippen molar-refractivity contribution >= 4 is 38.9 Å². The molecule has 1 aromatic heterocycles. The second-order valence-electron chi connectivity index (χ2n) is 3.91. The third kappa shape index (κ3) is 3.10. The summed E-state index contributed by atoms with van der Waals surface area (Å²) in [5.41, 5.74) is 1.86. The van der Waals surface area contributed by atoms with Gasteiger partial charge in [0.15, 0.2) is 0 Å². The van der Waals surface area contributed by atoms with Gasteiger partial charge in [0.1, 0.15) is 0 Å². The lowest BCUT2D eigenvalue weighted by Gasteiger charge is -2.13. The number of aliphatic hydroxyl groups excluding tert-OH is 1. The van der Waals surface area contributed by atoms with E-state index in [2.05, 4.69) is 15.9 Å². The van der Waals surface area contributed by atoms with Crippen LogP contribution in [0.2, 0.25) is 5.02 Å². The third-order valence-corrected chi connectivity index (χ3v) is 4.81. The van der Waals surface area contributed by atoms with Crippen LogP contribution in [0, 0.1) is 6.92 Å². The van der Waals surface area contributed by atoms with Crippen LogP contribution in [-0.4, -0.2) is 5.11 Å². The topological polar surface area (TPSA) is 20.2 Å². The Kier molecular flexibility index (Phi) is 4.26. The molecule has 1 atom stereocenters. The van der Waals surface area contributed by atoms with Crippen molar-refractivity contribution in [2.45, 2.75) is 19.4 Å². The lowest BCUT2D eigenvalue weighted by Crippen LogP contribution is -2.03. The molecule has 4 heteroatoms. The highest BCUT2D eigenvalue weighted by Gasteiger charge is 2.13. The van der Waals surface area contributed by atoms with Crippen LogP contribution in [0.3, 0.4) is 0 Å². The number of hydrogen-bond donors (Lipinski definition) is 1.